The predicted octanol–water partition coefficient (Wildman–Crippen LogP) is 4.11. The highest BCUT2D eigenvalue weighted by molar-refractivity contribution is 7.13. The lowest BCUT2D eigenvalue weighted by Gasteiger charge is -2.25. The molecule has 1 aliphatic heterocycles. The largest absolute Gasteiger partial charge is 0.348 e. The van der Waals surface area contributed by atoms with Crippen molar-refractivity contribution in [2.24, 2.45) is 0 Å². The van der Waals surface area contributed by atoms with Gasteiger partial charge >= 0.3 is 0 Å². The van der Waals surface area contributed by atoms with Gasteiger partial charge in [-0.1, -0.05) is 0 Å². The molecule has 4 rings (SSSR count). The number of carbonyl (C=O) groups excluding carboxylic acids is 1. The molecule has 0 amide bonds. The van der Waals surface area contributed by atoms with Crippen LogP contribution in [0.2, 0.25) is 0 Å². The van der Waals surface area contributed by atoms with Crippen molar-refractivity contribution in [3.8, 4) is 0 Å². The number of Topliss-reactive ketones (excluding diaryl/α,β-unsaturated/α-hetero) is 1. The highest BCUT2D eigenvalue weighted by Crippen LogP contribution is 2.25. The first kappa shape index (κ1) is 17.9. The monoisotopic (exact) mass is 380 g/mol. The molecule has 0 bridgehead atoms. The molecule has 0 aromatic carbocycles. The highest BCUT2D eigenvalue weighted by Gasteiger charge is 2.17. The molecule has 1 fully saturated rings. The van der Waals surface area contributed by atoms with E-state index in [1.54, 1.807) is 23.7 Å². The second-order valence-corrected chi connectivity index (χ2v) is 7.99. The number of aromatic nitrogens is 3. The van der Waals surface area contributed by atoms with Crippen molar-refractivity contribution in [1.29, 1.82) is 0 Å². The lowest BCUT2D eigenvalue weighted by atomic mass is 10.1. The maximum atomic E-state index is 12.8. The molecule has 0 saturated carbocycles. The molecular weight excluding hydrogens is 356 g/mol. The third-order valence-electron chi connectivity index (χ3n) is 4.93. The number of piperidine rings is 1. The van der Waals surface area contributed by atoms with E-state index in [9.17, 15) is 4.79 Å². The fraction of sp³-hybridized carbons (Fsp3) is 0.381. The summed E-state index contributed by atoms with van der Waals surface area (Å²) in [6.07, 6.45) is 9.70. The summed E-state index contributed by atoms with van der Waals surface area (Å²) in [4.78, 5) is 24.0. The molecule has 1 aliphatic rings. The Morgan fingerprint density at radius 3 is 2.74 bits per heavy atom. The summed E-state index contributed by atoms with van der Waals surface area (Å²) < 4.78 is 2.04. The van der Waals surface area contributed by atoms with Gasteiger partial charge < -0.3 is 9.47 Å². The molecule has 0 N–H and O–H groups in total. The minimum atomic E-state index is 0.126. The van der Waals surface area contributed by atoms with E-state index in [-0.39, 0.29) is 5.78 Å². The smallest absolute Gasteiger partial charge is 0.185 e. The van der Waals surface area contributed by atoms with Crippen LogP contribution in [-0.2, 0) is 13.0 Å². The van der Waals surface area contributed by atoms with Gasteiger partial charge in [0.1, 0.15) is 0 Å². The third kappa shape index (κ3) is 4.27. The molecule has 0 spiro atoms. The summed E-state index contributed by atoms with van der Waals surface area (Å²) in [5, 5.41) is 3.23. The minimum absolute atomic E-state index is 0.126. The molecule has 0 aliphatic carbocycles. The van der Waals surface area contributed by atoms with Gasteiger partial charge in [-0.3, -0.25) is 9.78 Å². The Morgan fingerprint density at radius 2 is 1.96 bits per heavy atom. The van der Waals surface area contributed by atoms with Crippen molar-refractivity contribution in [2.45, 2.75) is 39.2 Å². The molecule has 27 heavy (non-hydrogen) atoms. The molecule has 0 unspecified atom stereocenters. The van der Waals surface area contributed by atoms with Gasteiger partial charge in [0.15, 0.2) is 10.9 Å². The Hall–Kier alpha value is -2.47. The van der Waals surface area contributed by atoms with Gasteiger partial charge in [-0.15, -0.1) is 11.3 Å². The number of thiazole rings is 1. The van der Waals surface area contributed by atoms with E-state index < -0.39 is 0 Å². The molecule has 3 aromatic heterocycles. The molecule has 0 atom stereocenters. The van der Waals surface area contributed by atoms with Crippen molar-refractivity contribution in [1.82, 2.24) is 14.5 Å². The van der Waals surface area contributed by atoms with E-state index >= 15 is 0 Å². The molecule has 6 heteroatoms. The van der Waals surface area contributed by atoms with E-state index in [1.165, 1.54) is 19.3 Å². The number of rotatable bonds is 6. The van der Waals surface area contributed by atoms with Gasteiger partial charge in [0.25, 0.3) is 0 Å². The second kappa shape index (κ2) is 8.05. The summed E-state index contributed by atoms with van der Waals surface area (Å²) in [6, 6.07) is 5.76. The number of pyridine rings is 1. The number of hydrogen-bond acceptors (Lipinski definition) is 5. The Labute approximate surface area is 163 Å². The van der Waals surface area contributed by atoms with Crippen LogP contribution < -0.4 is 4.90 Å². The average Bonchev–Trinajstić information content (AvgIpc) is 3.30. The fourth-order valence-electron chi connectivity index (χ4n) is 3.57. The summed E-state index contributed by atoms with van der Waals surface area (Å²) in [7, 11) is 0. The molecule has 0 radical (unpaired) electrons. The molecule has 1 saturated heterocycles. The fourth-order valence-corrected chi connectivity index (χ4v) is 4.44. The van der Waals surface area contributed by atoms with Crippen LogP contribution in [0, 0.1) is 6.92 Å². The zero-order valence-corrected chi connectivity index (χ0v) is 16.4. The predicted molar refractivity (Wildman–Crippen MR) is 109 cm³/mol. The number of nitrogens with zero attached hydrogens (tertiary/aromatic N) is 4. The lowest BCUT2D eigenvalue weighted by molar-refractivity contribution is 0.0984. The first-order valence-corrected chi connectivity index (χ1v) is 10.4. The second-order valence-electron chi connectivity index (χ2n) is 7.16. The molecule has 4 heterocycles. The molecular formula is C21H24N4OS. The third-order valence-corrected chi connectivity index (χ3v) is 5.88. The Balaban J connectivity index is 1.49. The van der Waals surface area contributed by atoms with Crippen LogP contribution in [-0.4, -0.2) is 33.4 Å². The number of aryl methyl sites for hydroxylation is 1. The maximum absolute atomic E-state index is 12.8. The minimum Gasteiger partial charge on any atom is -0.348 e. The zero-order chi connectivity index (χ0) is 18.6. The van der Waals surface area contributed by atoms with E-state index in [2.05, 4.69) is 15.3 Å². The van der Waals surface area contributed by atoms with Crippen LogP contribution in [0.15, 0.2) is 42.2 Å². The van der Waals surface area contributed by atoms with Crippen LogP contribution in [0.25, 0.3) is 0 Å². The maximum Gasteiger partial charge on any atom is 0.185 e. The molecule has 140 valence electrons. The summed E-state index contributed by atoms with van der Waals surface area (Å²) in [5.74, 6) is 0.126. The Bertz CT molecular complexity index is 909. The van der Waals surface area contributed by atoms with Crippen molar-refractivity contribution in [3.05, 3.63) is 64.7 Å². The van der Waals surface area contributed by atoms with Crippen LogP contribution in [0.4, 0.5) is 5.13 Å². The van der Waals surface area contributed by atoms with E-state index in [1.807, 2.05) is 35.9 Å². The van der Waals surface area contributed by atoms with Crippen molar-refractivity contribution < 1.29 is 4.79 Å². The zero-order valence-electron chi connectivity index (χ0n) is 15.6. The quantitative estimate of drug-likeness (QED) is 0.604. The van der Waals surface area contributed by atoms with Crippen LogP contribution in [0.5, 0.6) is 0 Å². The number of hydrogen-bond donors (Lipinski definition) is 0. The van der Waals surface area contributed by atoms with Crippen molar-refractivity contribution >= 4 is 22.3 Å². The lowest BCUT2D eigenvalue weighted by Crippen LogP contribution is -2.29. The first-order valence-electron chi connectivity index (χ1n) is 9.47. The van der Waals surface area contributed by atoms with E-state index in [0.717, 1.165) is 40.7 Å². The van der Waals surface area contributed by atoms with Crippen molar-refractivity contribution in [2.75, 3.05) is 18.0 Å². The number of anilines is 1. The summed E-state index contributed by atoms with van der Waals surface area (Å²) in [6.45, 7) is 4.87. The van der Waals surface area contributed by atoms with Gasteiger partial charge in [0.2, 0.25) is 0 Å². The van der Waals surface area contributed by atoms with Gasteiger partial charge in [0, 0.05) is 43.5 Å². The number of carbonyl (C=O) groups is 1. The summed E-state index contributed by atoms with van der Waals surface area (Å²) in [5.41, 5.74) is 3.85. The average molecular weight is 381 g/mol. The first-order chi connectivity index (χ1) is 13.2. The summed E-state index contributed by atoms with van der Waals surface area (Å²) >= 11 is 1.71. The van der Waals surface area contributed by atoms with Crippen LogP contribution >= 0.6 is 11.3 Å². The number of ketones is 1. The van der Waals surface area contributed by atoms with Gasteiger partial charge in [-0.2, -0.15) is 0 Å². The SMILES string of the molecule is Cc1cc(C(=O)Cc2ccncc2)n(Cc2csc(N3CCCCC3)n2)c1. The molecule has 3 aromatic rings. The van der Waals surface area contributed by atoms with Gasteiger partial charge in [0.05, 0.1) is 17.9 Å². The van der Waals surface area contributed by atoms with Crippen molar-refractivity contribution in [3.63, 3.8) is 0 Å². The van der Waals surface area contributed by atoms with Crippen LogP contribution in [0.3, 0.4) is 0 Å². The topological polar surface area (TPSA) is 51.0 Å². The molecule has 5 nitrogen and oxygen atoms in total. The Morgan fingerprint density at radius 1 is 1.19 bits per heavy atom. The standard InChI is InChI=1S/C21H24N4OS/c1-16-11-19(20(26)12-17-5-7-22-8-6-17)25(13-16)14-18-15-27-21(23-18)24-9-3-2-4-10-24/h5-8,11,13,15H,2-4,9-10,12,14H2,1H3. The van der Waals surface area contributed by atoms with E-state index in [4.69, 9.17) is 4.98 Å². The normalized spacial score (nSPS) is 14.5. The Kier molecular flexibility index (Phi) is 5.34. The van der Waals surface area contributed by atoms with Gasteiger partial charge in [-0.25, -0.2) is 4.98 Å². The van der Waals surface area contributed by atoms with Crippen LogP contribution in [0.1, 0.15) is 46.6 Å². The van der Waals surface area contributed by atoms with E-state index in [0.29, 0.717) is 13.0 Å². The highest BCUT2D eigenvalue weighted by atomic mass is 32.1. The van der Waals surface area contributed by atoms with Gasteiger partial charge in [-0.05, 0) is 55.5 Å².